The van der Waals surface area contributed by atoms with Gasteiger partial charge >= 0.3 is 5.97 Å². The lowest BCUT2D eigenvalue weighted by molar-refractivity contribution is -0.126. The molecule has 1 aliphatic heterocycles. The summed E-state index contributed by atoms with van der Waals surface area (Å²) in [6.45, 7) is 1.33. The summed E-state index contributed by atoms with van der Waals surface area (Å²) in [5.74, 6) is -1.27. The van der Waals surface area contributed by atoms with E-state index in [1.807, 2.05) is 0 Å². The molecule has 1 aromatic rings. The van der Waals surface area contributed by atoms with E-state index in [0.29, 0.717) is 24.4 Å². The van der Waals surface area contributed by atoms with Crippen LogP contribution in [0.3, 0.4) is 0 Å². The Balaban J connectivity index is 2.05. The molecule has 0 bridgehead atoms. The van der Waals surface area contributed by atoms with Gasteiger partial charge in [0, 0.05) is 33.2 Å². The maximum absolute atomic E-state index is 12.3. The maximum Gasteiger partial charge on any atom is 0.339 e. The summed E-state index contributed by atoms with van der Waals surface area (Å²) < 4.78 is 9.68. The molecule has 1 unspecified atom stereocenters. The van der Waals surface area contributed by atoms with Crippen LogP contribution in [0.4, 0.5) is 5.69 Å². The highest BCUT2D eigenvalue weighted by Gasteiger charge is 2.36. The first-order valence-corrected chi connectivity index (χ1v) is 7.82. The lowest BCUT2D eigenvalue weighted by Crippen LogP contribution is -2.34. The number of nitrogens with zero attached hydrogens (tertiary/aromatic N) is 1. The Morgan fingerprint density at radius 3 is 2.75 bits per heavy atom. The van der Waals surface area contributed by atoms with E-state index in [1.165, 1.54) is 12.0 Å². The third kappa shape index (κ3) is 4.11. The van der Waals surface area contributed by atoms with Gasteiger partial charge in [-0.25, -0.2) is 4.79 Å². The van der Waals surface area contributed by atoms with E-state index in [9.17, 15) is 14.4 Å². The first-order valence-electron chi connectivity index (χ1n) is 7.82. The third-order valence-electron chi connectivity index (χ3n) is 3.92. The summed E-state index contributed by atoms with van der Waals surface area (Å²) in [5.41, 5.74) is 0.790. The molecule has 1 aliphatic rings. The monoisotopic (exact) mass is 334 g/mol. The molecule has 0 radical (unpaired) electrons. The summed E-state index contributed by atoms with van der Waals surface area (Å²) >= 11 is 0. The fourth-order valence-electron chi connectivity index (χ4n) is 2.68. The van der Waals surface area contributed by atoms with Crippen LogP contribution in [0.25, 0.3) is 0 Å². The highest BCUT2D eigenvalue weighted by Crippen LogP contribution is 2.28. The zero-order chi connectivity index (χ0) is 17.5. The Morgan fingerprint density at radius 2 is 2.04 bits per heavy atom. The minimum atomic E-state index is -0.508. The minimum Gasteiger partial charge on any atom is -0.465 e. The van der Waals surface area contributed by atoms with Gasteiger partial charge in [-0.1, -0.05) is 12.1 Å². The number of benzene rings is 1. The van der Waals surface area contributed by atoms with Crippen molar-refractivity contribution in [3.8, 4) is 0 Å². The average Bonchev–Trinajstić information content (AvgIpc) is 2.99. The van der Waals surface area contributed by atoms with E-state index in [4.69, 9.17) is 9.47 Å². The van der Waals surface area contributed by atoms with E-state index in [0.717, 1.165) is 6.42 Å². The number of amides is 2. The van der Waals surface area contributed by atoms with Crippen LogP contribution in [0, 0.1) is 5.92 Å². The lowest BCUT2D eigenvalue weighted by Gasteiger charge is -2.19. The third-order valence-corrected chi connectivity index (χ3v) is 3.92. The standard InChI is InChI=1S/C17H22N2O5/c1-23-9-5-8-18-16(21)12-10-15(20)19(11-12)14-7-4-3-6-13(14)17(22)24-2/h3-4,6-7,12H,5,8-11H2,1-2H3,(H,18,21). The van der Waals surface area contributed by atoms with Gasteiger partial charge in [-0.2, -0.15) is 0 Å². The van der Waals surface area contributed by atoms with Crippen molar-refractivity contribution < 1.29 is 23.9 Å². The highest BCUT2D eigenvalue weighted by molar-refractivity contribution is 6.05. The fourth-order valence-corrected chi connectivity index (χ4v) is 2.68. The Morgan fingerprint density at radius 1 is 1.29 bits per heavy atom. The lowest BCUT2D eigenvalue weighted by atomic mass is 10.1. The van der Waals surface area contributed by atoms with Crippen molar-refractivity contribution in [3.63, 3.8) is 0 Å². The number of rotatable bonds is 7. The molecule has 2 rings (SSSR count). The van der Waals surface area contributed by atoms with Crippen molar-refractivity contribution in [2.24, 2.45) is 5.92 Å². The van der Waals surface area contributed by atoms with Crippen LogP contribution in [0.15, 0.2) is 24.3 Å². The number of ether oxygens (including phenoxy) is 2. The molecule has 1 fully saturated rings. The Labute approximate surface area is 140 Å². The van der Waals surface area contributed by atoms with Crippen LogP contribution >= 0.6 is 0 Å². The van der Waals surface area contributed by atoms with Gasteiger partial charge in [0.15, 0.2) is 0 Å². The van der Waals surface area contributed by atoms with Crippen LogP contribution in [-0.2, 0) is 19.1 Å². The van der Waals surface area contributed by atoms with E-state index >= 15 is 0 Å². The summed E-state index contributed by atoms with van der Waals surface area (Å²) in [4.78, 5) is 37.8. The minimum absolute atomic E-state index is 0.131. The van der Waals surface area contributed by atoms with Gasteiger partial charge in [0.05, 0.1) is 24.3 Å². The van der Waals surface area contributed by atoms with Gasteiger partial charge in [0.25, 0.3) is 0 Å². The molecule has 1 N–H and O–H groups in total. The highest BCUT2D eigenvalue weighted by atomic mass is 16.5. The van der Waals surface area contributed by atoms with Crippen LogP contribution in [0.1, 0.15) is 23.2 Å². The normalized spacial score (nSPS) is 17.0. The van der Waals surface area contributed by atoms with Crippen molar-refractivity contribution in [3.05, 3.63) is 29.8 Å². The van der Waals surface area contributed by atoms with Gasteiger partial charge in [0.1, 0.15) is 0 Å². The molecule has 0 aromatic heterocycles. The predicted octanol–water partition coefficient (Wildman–Crippen LogP) is 0.979. The molecule has 1 atom stereocenters. The van der Waals surface area contributed by atoms with Crippen molar-refractivity contribution in [2.75, 3.05) is 38.8 Å². The van der Waals surface area contributed by atoms with Gasteiger partial charge in [-0.05, 0) is 18.6 Å². The summed E-state index contributed by atoms with van der Waals surface area (Å²) in [6.07, 6.45) is 0.851. The van der Waals surface area contributed by atoms with Crippen LogP contribution in [0.2, 0.25) is 0 Å². The molecular weight excluding hydrogens is 312 g/mol. The van der Waals surface area contributed by atoms with Crippen molar-refractivity contribution >= 4 is 23.5 Å². The van der Waals surface area contributed by atoms with E-state index in [2.05, 4.69) is 5.32 Å². The second-order valence-corrected chi connectivity index (χ2v) is 5.55. The number of carbonyl (C=O) groups excluding carboxylic acids is 3. The second-order valence-electron chi connectivity index (χ2n) is 5.55. The number of nitrogens with one attached hydrogen (secondary N) is 1. The van der Waals surface area contributed by atoms with Gasteiger partial charge in [0.2, 0.25) is 11.8 Å². The number of hydrogen-bond acceptors (Lipinski definition) is 5. The molecule has 7 nitrogen and oxygen atoms in total. The zero-order valence-electron chi connectivity index (χ0n) is 13.9. The van der Waals surface area contributed by atoms with Gasteiger partial charge in [-0.3, -0.25) is 9.59 Å². The Bertz CT molecular complexity index is 617. The van der Waals surface area contributed by atoms with E-state index < -0.39 is 11.9 Å². The van der Waals surface area contributed by atoms with E-state index in [1.54, 1.807) is 31.4 Å². The number of esters is 1. The van der Waals surface area contributed by atoms with Crippen LogP contribution in [-0.4, -0.2) is 51.7 Å². The van der Waals surface area contributed by atoms with Crippen LogP contribution < -0.4 is 10.2 Å². The number of anilines is 1. The number of para-hydroxylation sites is 1. The first kappa shape index (κ1) is 17.9. The molecule has 0 saturated carbocycles. The zero-order valence-corrected chi connectivity index (χ0v) is 13.9. The van der Waals surface area contributed by atoms with Crippen molar-refractivity contribution in [2.45, 2.75) is 12.8 Å². The van der Waals surface area contributed by atoms with Crippen molar-refractivity contribution in [1.82, 2.24) is 5.32 Å². The molecule has 7 heteroatoms. The second kappa shape index (κ2) is 8.44. The predicted molar refractivity (Wildman–Crippen MR) is 87.7 cm³/mol. The summed E-state index contributed by atoms with van der Waals surface area (Å²) in [6, 6.07) is 6.74. The molecule has 1 saturated heterocycles. The average molecular weight is 334 g/mol. The quantitative estimate of drug-likeness (QED) is 0.593. The van der Waals surface area contributed by atoms with Gasteiger partial charge in [-0.15, -0.1) is 0 Å². The summed E-state index contributed by atoms with van der Waals surface area (Å²) in [7, 11) is 2.90. The molecular formula is C17H22N2O5. The molecule has 0 aliphatic carbocycles. The largest absolute Gasteiger partial charge is 0.465 e. The van der Waals surface area contributed by atoms with Crippen LogP contribution in [0.5, 0.6) is 0 Å². The Hall–Kier alpha value is -2.41. The number of hydrogen-bond donors (Lipinski definition) is 1. The fraction of sp³-hybridized carbons (Fsp3) is 0.471. The Kier molecular flexibility index (Phi) is 6.31. The molecule has 130 valence electrons. The first-order chi connectivity index (χ1) is 11.6. The summed E-state index contributed by atoms with van der Waals surface area (Å²) in [5, 5.41) is 2.81. The van der Waals surface area contributed by atoms with Gasteiger partial charge < -0.3 is 19.7 Å². The smallest absolute Gasteiger partial charge is 0.339 e. The SMILES string of the molecule is COCCCNC(=O)C1CC(=O)N(c2ccccc2C(=O)OC)C1. The maximum atomic E-state index is 12.3. The van der Waals surface area contributed by atoms with Crippen molar-refractivity contribution in [1.29, 1.82) is 0 Å². The molecule has 1 aromatic carbocycles. The molecule has 24 heavy (non-hydrogen) atoms. The topological polar surface area (TPSA) is 84.9 Å². The molecule has 2 amide bonds. The number of methoxy groups -OCH3 is 2. The number of carbonyl (C=O) groups is 3. The molecule has 1 heterocycles. The van der Waals surface area contributed by atoms with E-state index in [-0.39, 0.29) is 24.8 Å². The molecule has 0 spiro atoms.